The highest BCUT2D eigenvalue weighted by Crippen LogP contribution is 2.18. The summed E-state index contributed by atoms with van der Waals surface area (Å²) >= 11 is 0. The van der Waals surface area contributed by atoms with E-state index in [1.165, 1.54) is 11.1 Å². The molecule has 28 heavy (non-hydrogen) atoms. The quantitative estimate of drug-likeness (QED) is 0.350. The van der Waals surface area contributed by atoms with Crippen LogP contribution in [-0.4, -0.2) is 42.7 Å². The van der Waals surface area contributed by atoms with Gasteiger partial charge in [-0.2, -0.15) is 0 Å². The molecule has 0 spiro atoms. The van der Waals surface area contributed by atoms with Gasteiger partial charge in [0.25, 0.3) is 0 Å². The normalized spacial score (nSPS) is 14.3. The van der Waals surface area contributed by atoms with Crippen LogP contribution in [0.4, 0.5) is 0 Å². The topological polar surface area (TPSA) is 65.7 Å². The molecule has 0 unspecified atom stereocenters. The summed E-state index contributed by atoms with van der Waals surface area (Å²) in [4.78, 5) is 6.84. The molecule has 3 rings (SSSR count). The second kappa shape index (κ2) is 11.4. The van der Waals surface area contributed by atoms with Crippen molar-refractivity contribution in [1.82, 2.24) is 20.7 Å². The van der Waals surface area contributed by atoms with Crippen LogP contribution in [0.2, 0.25) is 0 Å². The predicted octanol–water partition coefficient (Wildman–Crippen LogP) is 3.14. The number of rotatable bonds is 7. The Hall–Kier alpha value is -1.61. The number of nitrogens with one attached hydrogen (secondary N) is 2. The number of aromatic nitrogens is 1. The van der Waals surface area contributed by atoms with Gasteiger partial charge in [0, 0.05) is 51.8 Å². The number of hydrogen-bond acceptors (Lipinski definition) is 4. The number of aryl methyl sites for hydroxylation is 2. The van der Waals surface area contributed by atoms with Crippen molar-refractivity contribution in [3.63, 3.8) is 0 Å². The Labute approximate surface area is 185 Å². The van der Waals surface area contributed by atoms with E-state index < -0.39 is 0 Å². The Kier molecular flexibility index (Phi) is 9.24. The van der Waals surface area contributed by atoms with Crippen LogP contribution in [0, 0.1) is 0 Å². The van der Waals surface area contributed by atoms with Gasteiger partial charge in [0.1, 0.15) is 5.76 Å². The number of benzene rings is 1. The minimum atomic E-state index is 0. The summed E-state index contributed by atoms with van der Waals surface area (Å²) < 4.78 is 5.43. The first-order valence-corrected chi connectivity index (χ1v) is 9.95. The predicted molar refractivity (Wildman–Crippen MR) is 124 cm³/mol. The zero-order valence-electron chi connectivity index (χ0n) is 17.1. The molecule has 2 heterocycles. The van der Waals surface area contributed by atoms with Crippen LogP contribution in [0.1, 0.15) is 42.0 Å². The molecule has 0 saturated heterocycles. The summed E-state index contributed by atoms with van der Waals surface area (Å²) in [6.45, 7) is 8.90. The summed E-state index contributed by atoms with van der Waals surface area (Å²) in [5.41, 5.74) is 5.14. The first-order valence-electron chi connectivity index (χ1n) is 9.95. The van der Waals surface area contributed by atoms with Crippen molar-refractivity contribution in [2.75, 3.05) is 26.7 Å². The highest BCUT2D eigenvalue weighted by atomic mass is 127. The highest BCUT2D eigenvalue weighted by molar-refractivity contribution is 14.0. The third kappa shape index (κ3) is 5.70. The first-order chi connectivity index (χ1) is 13.2. The smallest absolute Gasteiger partial charge is 0.191 e. The first kappa shape index (κ1) is 22.7. The summed E-state index contributed by atoms with van der Waals surface area (Å²) in [7, 11) is 1.81. The van der Waals surface area contributed by atoms with Crippen molar-refractivity contribution in [3.8, 4) is 0 Å². The molecule has 1 aliphatic rings. The van der Waals surface area contributed by atoms with Gasteiger partial charge in [-0.3, -0.25) is 9.89 Å². The van der Waals surface area contributed by atoms with Crippen LogP contribution in [0.5, 0.6) is 0 Å². The van der Waals surface area contributed by atoms with Crippen molar-refractivity contribution in [1.29, 1.82) is 0 Å². The van der Waals surface area contributed by atoms with E-state index in [0.717, 1.165) is 68.4 Å². The molecule has 6 nitrogen and oxygen atoms in total. The molecule has 0 radical (unpaired) electrons. The maximum absolute atomic E-state index is 5.43. The fourth-order valence-electron chi connectivity index (χ4n) is 3.61. The number of aliphatic imine (C=N–C) groups is 1. The van der Waals surface area contributed by atoms with Gasteiger partial charge in [0.15, 0.2) is 5.96 Å². The van der Waals surface area contributed by atoms with Crippen LogP contribution >= 0.6 is 24.0 Å². The Balaban J connectivity index is 0.00000280. The summed E-state index contributed by atoms with van der Waals surface area (Å²) in [5.74, 6) is 1.78. The molecule has 0 atom stereocenters. The van der Waals surface area contributed by atoms with Gasteiger partial charge in [-0.25, -0.2) is 0 Å². The van der Waals surface area contributed by atoms with Gasteiger partial charge in [-0.1, -0.05) is 43.3 Å². The van der Waals surface area contributed by atoms with Crippen LogP contribution < -0.4 is 10.6 Å². The molecule has 7 heteroatoms. The molecular formula is C21H32IN5O. The SMILES string of the molecule is CCc1noc(CC)c1CNC(=NC)NCCN1CCc2ccccc2C1.I. The average Bonchev–Trinajstić information content (AvgIpc) is 3.12. The largest absolute Gasteiger partial charge is 0.361 e. The Morgan fingerprint density at radius 3 is 2.68 bits per heavy atom. The van der Waals surface area contributed by atoms with Gasteiger partial charge < -0.3 is 15.2 Å². The highest BCUT2D eigenvalue weighted by Gasteiger charge is 2.16. The molecule has 1 aliphatic heterocycles. The van der Waals surface area contributed by atoms with Crippen molar-refractivity contribution < 1.29 is 4.52 Å². The summed E-state index contributed by atoms with van der Waals surface area (Å²) in [6.07, 6.45) is 2.87. The number of nitrogens with zero attached hydrogens (tertiary/aromatic N) is 3. The van der Waals surface area contributed by atoms with E-state index in [1.54, 1.807) is 0 Å². The van der Waals surface area contributed by atoms with E-state index >= 15 is 0 Å². The van der Waals surface area contributed by atoms with E-state index in [4.69, 9.17) is 4.52 Å². The van der Waals surface area contributed by atoms with Crippen molar-refractivity contribution in [2.24, 2.45) is 4.99 Å². The maximum atomic E-state index is 5.43. The lowest BCUT2D eigenvalue weighted by molar-refractivity contribution is 0.258. The van der Waals surface area contributed by atoms with Crippen molar-refractivity contribution in [2.45, 2.75) is 46.2 Å². The molecule has 0 bridgehead atoms. The van der Waals surface area contributed by atoms with Gasteiger partial charge in [-0.05, 0) is 24.0 Å². The Bertz CT molecular complexity index is 752. The third-order valence-electron chi connectivity index (χ3n) is 5.19. The lowest BCUT2D eigenvalue weighted by Crippen LogP contribution is -2.42. The molecular weight excluding hydrogens is 465 g/mol. The van der Waals surface area contributed by atoms with Gasteiger partial charge in [0.2, 0.25) is 0 Å². The zero-order chi connectivity index (χ0) is 19.1. The van der Waals surface area contributed by atoms with Gasteiger partial charge >= 0.3 is 0 Å². The lowest BCUT2D eigenvalue weighted by Gasteiger charge is -2.28. The lowest BCUT2D eigenvalue weighted by atomic mass is 10.00. The molecule has 1 aromatic heterocycles. The summed E-state index contributed by atoms with van der Waals surface area (Å²) in [6, 6.07) is 8.75. The van der Waals surface area contributed by atoms with Crippen LogP contribution in [0.3, 0.4) is 0 Å². The molecule has 1 aromatic carbocycles. The molecule has 0 aliphatic carbocycles. The van der Waals surface area contributed by atoms with E-state index in [2.05, 4.69) is 63.8 Å². The van der Waals surface area contributed by atoms with Crippen LogP contribution in [0.25, 0.3) is 0 Å². The van der Waals surface area contributed by atoms with Gasteiger partial charge in [0.05, 0.1) is 5.69 Å². The average molecular weight is 497 g/mol. The molecule has 154 valence electrons. The molecule has 2 N–H and O–H groups in total. The molecule has 0 fully saturated rings. The standard InChI is InChI=1S/C21H31N5O.HI/c1-4-19-18(20(5-2)27-25-19)14-24-21(22-3)23-11-13-26-12-10-16-8-6-7-9-17(16)15-26;/h6-9H,4-5,10-15H2,1-3H3,(H2,22,23,24);1H. The number of hydrogen-bond donors (Lipinski definition) is 2. The Morgan fingerprint density at radius 2 is 1.96 bits per heavy atom. The maximum Gasteiger partial charge on any atom is 0.191 e. The second-order valence-corrected chi connectivity index (χ2v) is 6.89. The van der Waals surface area contributed by atoms with Crippen molar-refractivity contribution >= 4 is 29.9 Å². The fourth-order valence-corrected chi connectivity index (χ4v) is 3.61. The third-order valence-corrected chi connectivity index (χ3v) is 5.19. The Morgan fingerprint density at radius 1 is 1.18 bits per heavy atom. The zero-order valence-corrected chi connectivity index (χ0v) is 19.5. The van der Waals surface area contributed by atoms with E-state index in [1.807, 2.05) is 7.05 Å². The monoisotopic (exact) mass is 497 g/mol. The molecule has 2 aromatic rings. The number of halogens is 1. The minimum absolute atomic E-state index is 0. The van der Waals surface area contributed by atoms with Crippen molar-refractivity contribution in [3.05, 3.63) is 52.4 Å². The second-order valence-electron chi connectivity index (χ2n) is 6.89. The minimum Gasteiger partial charge on any atom is -0.361 e. The van der Waals surface area contributed by atoms with Crippen LogP contribution in [-0.2, 0) is 32.4 Å². The number of fused-ring (bicyclic) bond motifs is 1. The van der Waals surface area contributed by atoms with E-state index in [0.29, 0.717) is 6.54 Å². The molecule has 0 saturated carbocycles. The number of guanidine groups is 1. The molecule has 0 amide bonds. The fraction of sp³-hybridized carbons (Fsp3) is 0.524. The van der Waals surface area contributed by atoms with E-state index in [-0.39, 0.29) is 24.0 Å². The van der Waals surface area contributed by atoms with Crippen LogP contribution in [0.15, 0.2) is 33.8 Å². The van der Waals surface area contributed by atoms with Gasteiger partial charge in [-0.15, -0.1) is 24.0 Å². The summed E-state index contributed by atoms with van der Waals surface area (Å²) in [5, 5.41) is 11.0. The van der Waals surface area contributed by atoms with E-state index in [9.17, 15) is 0 Å².